The number of hydrogen-bond acceptors (Lipinski definition) is 11. The zero-order valence-corrected chi connectivity index (χ0v) is 25.4. The molecule has 0 rings (SSSR count). The van der Waals surface area contributed by atoms with Crippen LogP contribution in [-0.2, 0) is 52.2 Å². The maximum absolute atomic E-state index is 11.7. The Labute approximate surface area is 242 Å². The molecule has 0 aromatic heterocycles. The fourth-order valence-corrected chi connectivity index (χ4v) is 3.30. The predicted molar refractivity (Wildman–Crippen MR) is 152 cm³/mol. The van der Waals surface area contributed by atoms with E-state index in [9.17, 15) is 4.79 Å². The van der Waals surface area contributed by atoms with Crippen LogP contribution in [0.1, 0.15) is 58.3 Å². The van der Waals surface area contributed by atoms with Crippen molar-refractivity contribution in [3.8, 4) is 0 Å². The van der Waals surface area contributed by atoms with Crippen molar-refractivity contribution < 1.29 is 52.2 Å². The predicted octanol–water partition coefficient (Wildman–Crippen LogP) is 3.45. The molecule has 0 aromatic carbocycles. The second-order valence-electron chi connectivity index (χ2n) is 8.98. The van der Waals surface area contributed by atoms with Crippen LogP contribution < -0.4 is 0 Å². The van der Waals surface area contributed by atoms with Gasteiger partial charge in [-0.25, -0.2) is 0 Å². The first kappa shape index (κ1) is 39.1. The zero-order valence-electron chi connectivity index (χ0n) is 25.4. The van der Waals surface area contributed by atoms with Crippen LogP contribution in [0.2, 0.25) is 0 Å². The van der Waals surface area contributed by atoms with Gasteiger partial charge in [-0.2, -0.15) is 0 Å². The quantitative estimate of drug-likeness (QED) is 0.0810. The zero-order chi connectivity index (χ0) is 29.0. The lowest BCUT2D eigenvalue weighted by Crippen LogP contribution is -2.15. The van der Waals surface area contributed by atoms with Gasteiger partial charge in [0.15, 0.2) is 0 Å². The van der Waals surface area contributed by atoms with Gasteiger partial charge in [-0.15, -0.1) is 0 Å². The van der Waals surface area contributed by atoms with Gasteiger partial charge in [0.05, 0.1) is 112 Å². The first-order valence-electron chi connectivity index (χ1n) is 15.1. The van der Waals surface area contributed by atoms with Crippen molar-refractivity contribution in [1.82, 2.24) is 0 Å². The molecule has 0 fully saturated rings. The molecular formula is C29H58O11. The molecule has 0 heterocycles. The Kier molecular flexibility index (Phi) is 35.3. The van der Waals surface area contributed by atoms with E-state index in [0.717, 1.165) is 12.8 Å². The molecule has 0 spiro atoms. The summed E-state index contributed by atoms with van der Waals surface area (Å²) >= 11 is 0. The Bertz CT molecular complexity index is 483. The SMILES string of the molecule is CCCCCCCCCC(=O)OCCOCCOCCOCCOCCOCCOCCOCCOCCOC. The molecule has 0 saturated carbocycles. The Morgan fingerprint density at radius 1 is 0.400 bits per heavy atom. The summed E-state index contributed by atoms with van der Waals surface area (Å²) in [4.78, 5) is 11.7. The summed E-state index contributed by atoms with van der Waals surface area (Å²) in [5.41, 5.74) is 0. The van der Waals surface area contributed by atoms with Gasteiger partial charge in [-0.3, -0.25) is 4.79 Å². The molecule has 0 aliphatic rings. The lowest BCUT2D eigenvalue weighted by atomic mass is 10.1. The van der Waals surface area contributed by atoms with Crippen molar-refractivity contribution in [1.29, 1.82) is 0 Å². The third kappa shape index (κ3) is 35.1. The first-order valence-corrected chi connectivity index (χ1v) is 15.1. The van der Waals surface area contributed by atoms with E-state index < -0.39 is 0 Å². The molecule has 0 amide bonds. The molecule has 11 nitrogen and oxygen atoms in total. The van der Waals surface area contributed by atoms with E-state index in [4.69, 9.17) is 47.4 Å². The van der Waals surface area contributed by atoms with Crippen LogP contribution in [0.3, 0.4) is 0 Å². The van der Waals surface area contributed by atoms with Gasteiger partial charge < -0.3 is 47.4 Å². The molecule has 0 aliphatic heterocycles. The highest BCUT2D eigenvalue weighted by atomic mass is 16.6. The fourth-order valence-electron chi connectivity index (χ4n) is 3.30. The standard InChI is InChI=1S/C29H58O11/c1-3-4-5-6-7-8-9-10-29(30)40-28-27-39-26-25-38-24-23-37-22-21-36-20-19-35-18-17-34-16-15-33-14-13-32-12-11-31-2/h3-28H2,1-2H3. The van der Waals surface area contributed by atoms with Gasteiger partial charge in [-0.05, 0) is 6.42 Å². The number of esters is 1. The molecule has 0 radical (unpaired) electrons. The minimum atomic E-state index is -0.138. The Hall–Kier alpha value is -0.890. The summed E-state index contributed by atoms with van der Waals surface area (Å²) in [7, 11) is 1.65. The van der Waals surface area contributed by atoms with Crippen molar-refractivity contribution in [2.75, 3.05) is 126 Å². The van der Waals surface area contributed by atoms with Gasteiger partial charge in [0.25, 0.3) is 0 Å². The van der Waals surface area contributed by atoms with Crippen LogP contribution in [0.4, 0.5) is 0 Å². The molecule has 0 unspecified atom stereocenters. The molecular weight excluding hydrogens is 524 g/mol. The van der Waals surface area contributed by atoms with E-state index in [1.165, 1.54) is 32.1 Å². The third-order valence-corrected chi connectivity index (χ3v) is 5.51. The number of carbonyl (C=O) groups is 1. The van der Waals surface area contributed by atoms with E-state index in [1.807, 2.05) is 0 Å². The molecule has 240 valence electrons. The lowest BCUT2D eigenvalue weighted by molar-refractivity contribution is -0.145. The summed E-state index contributed by atoms with van der Waals surface area (Å²) in [6.45, 7) is 11.2. The highest BCUT2D eigenvalue weighted by Crippen LogP contribution is 2.08. The Morgan fingerprint density at radius 2 is 0.700 bits per heavy atom. The highest BCUT2D eigenvalue weighted by Gasteiger charge is 2.02. The lowest BCUT2D eigenvalue weighted by Gasteiger charge is -2.09. The molecule has 0 aliphatic carbocycles. The van der Waals surface area contributed by atoms with Crippen molar-refractivity contribution in [2.24, 2.45) is 0 Å². The fraction of sp³-hybridized carbons (Fsp3) is 0.966. The average molecular weight is 583 g/mol. The smallest absolute Gasteiger partial charge is 0.305 e. The molecule has 40 heavy (non-hydrogen) atoms. The normalized spacial score (nSPS) is 11.3. The summed E-state index contributed by atoms with van der Waals surface area (Å²) in [5.74, 6) is -0.138. The maximum Gasteiger partial charge on any atom is 0.305 e. The number of ether oxygens (including phenoxy) is 10. The average Bonchev–Trinajstić information content (AvgIpc) is 2.96. The van der Waals surface area contributed by atoms with E-state index in [2.05, 4.69) is 6.92 Å². The number of hydrogen-bond donors (Lipinski definition) is 0. The van der Waals surface area contributed by atoms with Gasteiger partial charge in [0.2, 0.25) is 0 Å². The van der Waals surface area contributed by atoms with Crippen molar-refractivity contribution in [3.05, 3.63) is 0 Å². The number of methoxy groups -OCH3 is 1. The summed E-state index contributed by atoms with van der Waals surface area (Å²) in [5, 5.41) is 0. The minimum absolute atomic E-state index is 0.138. The van der Waals surface area contributed by atoms with Crippen LogP contribution >= 0.6 is 0 Å². The van der Waals surface area contributed by atoms with E-state index in [-0.39, 0.29) is 5.97 Å². The topological polar surface area (TPSA) is 109 Å². The third-order valence-electron chi connectivity index (χ3n) is 5.51. The highest BCUT2D eigenvalue weighted by molar-refractivity contribution is 5.69. The Balaban J connectivity index is 3.09. The Morgan fingerprint density at radius 3 is 1.05 bits per heavy atom. The molecule has 0 atom stereocenters. The van der Waals surface area contributed by atoms with Crippen molar-refractivity contribution in [2.45, 2.75) is 58.3 Å². The van der Waals surface area contributed by atoms with Crippen LogP contribution in [-0.4, -0.2) is 132 Å². The number of rotatable bonds is 35. The van der Waals surface area contributed by atoms with Gasteiger partial charge in [0, 0.05) is 13.5 Å². The van der Waals surface area contributed by atoms with Crippen LogP contribution in [0.5, 0.6) is 0 Å². The molecule has 0 bridgehead atoms. The second kappa shape index (κ2) is 36.1. The largest absolute Gasteiger partial charge is 0.463 e. The van der Waals surface area contributed by atoms with Gasteiger partial charge in [0.1, 0.15) is 6.61 Å². The van der Waals surface area contributed by atoms with Gasteiger partial charge >= 0.3 is 5.97 Å². The van der Waals surface area contributed by atoms with Crippen LogP contribution in [0.15, 0.2) is 0 Å². The number of unbranched alkanes of at least 4 members (excludes halogenated alkanes) is 6. The number of carbonyl (C=O) groups excluding carboxylic acids is 1. The van der Waals surface area contributed by atoms with E-state index in [0.29, 0.717) is 125 Å². The minimum Gasteiger partial charge on any atom is -0.463 e. The van der Waals surface area contributed by atoms with E-state index in [1.54, 1.807) is 7.11 Å². The van der Waals surface area contributed by atoms with Crippen LogP contribution in [0, 0.1) is 0 Å². The maximum atomic E-state index is 11.7. The summed E-state index contributed by atoms with van der Waals surface area (Å²) in [6.07, 6.45) is 8.82. The van der Waals surface area contributed by atoms with Crippen LogP contribution in [0.25, 0.3) is 0 Å². The summed E-state index contributed by atoms with van der Waals surface area (Å²) < 4.78 is 53.4. The summed E-state index contributed by atoms with van der Waals surface area (Å²) in [6, 6.07) is 0. The first-order chi connectivity index (χ1) is 19.8. The molecule has 0 saturated heterocycles. The van der Waals surface area contributed by atoms with Gasteiger partial charge in [-0.1, -0.05) is 45.4 Å². The second-order valence-corrected chi connectivity index (χ2v) is 8.98. The molecule has 11 heteroatoms. The molecule has 0 N–H and O–H groups in total. The van der Waals surface area contributed by atoms with Crippen molar-refractivity contribution in [3.63, 3.8) is 0 Å². The van der Waals surface area contributed by atoms with Crippen molar-refractivity contribution >= 4 is 5.97 Å². The van der Waals surface area contributed by atoms with E-state index >= 15 is 0 Å². The monoisotopic (exact) mass is 582 g/mol. The molecule has 0 aromatic rings.